The maximum absolute atomic E-state index is 2.58. The lowest BCUT2D eigenvalue weighted by atomic mass is 9.73. The summed E-state index contributed by atoms with van der Waals surface area (Å²) in [5.74, 6) is 0. The summed E-state index contributed by atoms with van der Waals surface area (Å²) in [6.07, 6.45) is 2.71. The maximum atomic E-state index is 2.58. The second-order valence-corrected chi connectivity index (χ2v) is 8.25. The molecule has 0 radical (unpaired) electrons. The van der Waals surface area contributed by atoms with Crippen molar-refractivity contribution in [3.8, 4) is 0 Å². The zero-order valence-corrected chi connectivity index (χ0v) is 13.9. The average Bonchev–Trinajstić information content (AvgIpc) is 2.38. The third-order valence-electron chi connectivity index (χ3n) is 3.96. The van der Waals surface area contributed by atoms with Gasteiger partial charge in [0.15, 0.2) is 0 Å². The van der Waals surface area contributed by atoms with Gasteiger partial charge in [-0.2, -0.15) is 0 Å². The lowest BCUT2D eigenvalue weighted by Crippen LogP contribution is -2.50. The van der Waals surface area contributed by atoms with Gasteiger partial charge in [0.05, 0.1) is 6.17 Å². The van der Waals surface area contributed by atoms with E-state index in [-0.39, 0.29) is 0 Å². The van der Waals surface area contributed by atoms with Crippen molar-refractivity contribution >= 4 is 11.9 Å². The van der Waals surface area contributed by atoms with E-state index in [2.05, 4.69) is 71.0 Å². The zero-order valence-electron chi connectivity index (χ0n) is 13.0. The molecular weight excluding hydrogens is 228 g/mol. The Morgan fingerprint density at radius 2 is 1.29 bits per heavy atom. The predicted octanol–water partition coefficient (Wildman–Crippen LogP) is 3.69. The van der Waals surface area contributed by atoms with Crippen LogP contribution in [0.1, 0.15) is 48.5 Å². The van der Waals surface area contributed by atoms with Crippen molar-refractivity contribution < 1.29 is 0 Å². The molecule has 0 aromatic rings. The fourth-order valence-corrected chi connectivity index (χ4v) is 4.32. The molecule has 0 bridgehead atoms. The lowest BCUT2D eigenvalue weighted by molar-refractivity contribution is 0.102. The van der Waals surface area contributed by atoms with Crippen molar-refractivity contribution in [2.24, 2.45) is 10.8 Å². The molecule has 3 unspecified atom stereocenters. The van der Waals surface area contributed by atoms with Gasteiger partial charge in [-0.3, -0.25) is 4.90 Å². The molecule has 1 aliphatic rings. The third kappa shape index (κ3) is 2.82. The summed E-state index contributed by atoms with van der Waals surface area (Å²) in [6.45, 7) is 16.5. The van der Waals surface area contributed by atoms with Crippen LogP contribution < -0.4 is 0 Å². The molecule has 1 heterocycles. The summed E-state index contributed by atoms with van der Waals surface area (Å²) in [5, 5.41) is 0. The van der Waals surface area contributed by atoms with E-state index >= 15 is 0 Å². The molecule has 3 heteroatoms. The first-order valence-corrected chi connectivity index (χ1v) is 7.74. The molecule has 1 rings (SSSR count). The molecule has 17 heavy (non-hydrogen) atoms. The van der Waals surface area contributed by atoms with Crippen molar-refractivity contribution in [3.05, 3.63) is 0 Å². The van der Waals surface area contributed by atoms with Gasteiger partial charge in [0.2, 0.25) is 0 Å². The largest absolute Gasteiger partial charge is 0.285 e. The van der Waals surface area contributed by atoms with Gasteiger partial charge in [-0.25, -0.2) is 4.31 Å². The van der Waals surface area contributed by atoms with Gasteiger partial charge in [0, 0.05) is 12.1 Å². The molecule has 1 fully saturated rings. The predicted molar refractivity (Wildman–Crippen MR) is 79.1 cm³/mol. The number of hydrogen-bond acceptors (Lipinski definition) is 3. The van der Waals surface area contributed by atoms with Crippen LogP contribution in [0.3, 0.4) is 0 Å². The monoisotopic (exact) mass is 258 g/mol. The molecule has 0 amide bonds. The number of likely N-dealkylation sites (N-methyl/N-ethyl adjacent to an activating group) is 1. The number of hydrogen-bond donors (Lipinski definition) is 0. The highest BCUT2D eigenvalue weighted by molar-refractivity contribution is 7.96. The topological polar surface area (TPSA) is 6.48 Å². The highest BCUT2D eigenvalue weighted by Crippen LogP contribution is 2.45. The minimum Gasteiger partial charge on any atom is -0.285 e. The molecule has 3 atom stereocenters. The SMILES string of the molecule is CSN1C(C)N(C)C(C(C)(C)C)C1C(C)(C)C. The van der Waals surface area contributed by atoms with E-state index in [4.69, 9.17) is 0 Å². The molecule has 0 spiro atoms. The summed E-state index contributed by atoms with van der Waals surface area (Å²) in [5.41, 5.74) is 0.616. The van der Waals surface area contributed by atoms with E-state index in [1.54, 1.807) is 0 Å². The molecule has 1 aliphatic heterocycles. The minimum absolute atomic E-state index is 0.306. The molecule has 0 aromatic heterocycles. The van der Waals surface area contributed by atoms with Crippen molar-refractivity contribution in [1.29, 1.82) is 0 Å². The smallest absolute Gasteiger partial charge is 0.0696 e. The van der Waals surface area contributed by atoms with Crippen LogP contribution >= 0.6 is 11.9 Å². The van der Waals surface area contributed by atoms with Crippen molar-refractivity contribution in [2.75, 3.05) is 13.3 Å². The fraction of sp³-hybridized carbons (Fsp3) is 1.00. The van der Waals surface area contributed by atoms with Gasteiger partial charge in [-0.1, -0.05) is 53.5 Å². The Labute approximate surface area is 112 Å². The Hall–Kier alpha value is 0.270. The standard InChI is InChI=1S/C14H30N2S/c1-10-15(8)11(13(2,3)4)12(14(5,6)7)16(10)17-9/h10-12H,1-9H3. The van der Waals surface area contributed by atoms with Gasteiger partial charge in [0.25, 0.3) is 0 Å². The van der Waals surface area contributed by atoms with Crippen molar-refractivity contribution in [2.45, 2.75) is 66.7 Å². The molecule has 0 aromatic carbocycles. The summed E-state index contributed by atoms with van der Waals surface area (Å²) in [4.78, 5) is 2.55. The Bertz CT molecular complexity index is 264. The van der Waals surface area contributed by atoms with E-state index in [0.29, 0.717) is 29.1 Å². The summed E-state index contributed by atoms with van der Waals surface area (Å²) < 4.78 is 2.58. The molecular formula is C14H30N2S. The second-order valence-electron chi connectivity index (χ2n) is 7.46. The van der Waals surface area contributed by atoms with Crippen LogP contribution in [0.15, 0.2) is 0 Å². The van der Waals surface area contributed by atoms with Crippen LogP contribution in [-0.2, 0) is 0 Å². The van der Waals surface area contributed by atoms with Crippen LogP contribution in [0.25, 0.3) is 0 Å². The highest BCUT2D eigenvalue weighted by Gasteiger charge is 2.52. The van der Waals surface area contributed by atoms with Crippen molar-refractivity contribution in [3.63, 3.8) is 0 Å². The Morgan fingerprint density at radius 3 is 1.59 bits per heavy atom. The first-order chi connectivity index (χ1) is 7.51. The molecule has 102 valence electrons. The molecule has 0 N–H and O–H groups in total. The van der Waals surface area contributed by atoms with Gasteiger partial charge in [0.1, 0.15) is 0 Å². The van der Waals surface area contributed by atoms with E-state index < -0.39 is 0 Å². The number of nitrogens with zero attached hydrogens (tertiary/aromatic N) is 2. The van der Waals surface area contributed by atoms with Gasteiger partial charge >= 0.3 is 0 Å². The number of rotatable bonds is 1. The van der Waals surface area contributed by atoms with E-state index in [1.807, 2.05) is 11.9 Å². The summed E-state index contributed by atoms with van der Waals surface area (Å²) >= 11 is 1.89. The molecule has 0 aliphatic carbocycles. The quantitative estimate of drug-likeness (QED) is 0.662. The molecule has 0 saturated carbocycles. The van der Waals surface area contributed by atoms with Gasteiger partial charge < -0.3 is 0 Å². The summed E-state index contributed by atoms with van der Waals surface area (Å²) in [7, 11) is 2.27. The maximum Gasteiger partial charge on any atom is 0.0696 e. The van der Waals surface area contributed by atoms with Crippen LogP contribution in [0, 0.1) is 10.8 Å². The average molecular weight is 258 g/mol. The first-order valence-electron chi connectivity index (χ1n) is 6.56. The van der Waals surface area contributed by atoms with Crippen LogP contribution in [0.4, 0.5) is 0 Å². The fourth-order valence-electron chi connectivity index (χ4n) is 3.21. The van der Waals surface area contributed by atoms with Gasteiger partial charge in [-0.05, 0) is 31.1 Å². The van der Waals surface area contributed by atoms with Crippen LogP contribution in [-0.4, -0.2) is 40.8 Å². The highest BCUT2D eigenvalue weighted by atomic mass is 32.2. The lowest BCUT2D eigenvalue weighted by Gasteiger charge is -2.43. The minimum atomic E-state index is 0.306. The van der Waals surface area contributed by atoms with Gasteiger partial charge in [-0.15, -0.1) is 0 Å². The third-order valence-corrected chi connectivity index (χ3v) is 4.91. The summed E-state index contributed by atoms with van der Waals surface area (Å²) in [6, 6.07) is 1.20. The van der Waals surface area contributed by atoms with Crippen molar-refractivity contribution in [1.82, 2.24) is 9.21 Å². The normalized spacial score (nSPS) is 33.4. The Balaban J connectivity index is 3.17. The molecule has 1 saturated heterocycles. The first kappa shape index (κ1) is 15.3. The van der Waals surface area contributed by atoms with E-state index in [9.17, 15) is 0 Å². The van der Waals surface area contributed by atoms with E-state index in [0.717, 1.165) is 0 Å². The second kappa shape index (κ2) is 4.75. The Kier molecular flexibility index (Phi) is 4.28. The van der Waals surface area contributed by atoms with Crippen LogP contribution in [0.5, 0.6) is 0 Å². The molecule has 2 nitrogen and oxygen atoms in total. The van der Waals surface area contributed by atoms with Crippen LogP contribution in [0.2, 0.25) is 0 Å². The van der Waals surface area contributed by atoms with E-state index in [1.165, 1.54) is 0 Å². The Morgan fingerprint density at radius 1 is 0.882 bits per heavy atom. The zero-order chi connectivity index (χ0) is 13.6.